The summed E-state index contributed by atoms with van der Waals surface area (Å²) < 4.78 is 0. The third-order valence-electron chi connectivity index (χ3n) is 1.17. The number of hydrogen-bond donors (Lipinski definition) is 6. The molecule has 0 rings (SSSR count). The summed E-state index contributed by atoms with van der Waals surface area (Å²) in [5.41, 5.74) is 13.0. The van der Waals surface area contributed by atoms with E-state index in [0.29, 0.717) is 0 Å². The van der Waals surface area contributed by atoms with Crippen molar-refractivity contribution in [3.8, 4) is 0 Å². The van der Waals surface area contributed by atoms with E-state index in [0.717, 1.165) is 0 Å². The number of aliphatic carboxylic acids is 3. The van der Waals surface area contributed by atoms with E-state index in [2.05, 4.69) is 0 Å². The van der Waals surface area contributed by atoms with Gasteiger partial charge >= 0.3 is 17.9 Å². The number of carboxylic acids is 3. The molecule has 1 atom stereocenters. The summed E-state index contributed by atoms with van der Waals surface area (Å²) in [5.74, 6) is -3.70. The van der Waals surface area contributed by atoms with Crippen LogP contribution in [-0.2, 0) is 14.4 Å². The zero-order chi connectivity index (χ0) is 13.5. The fraction of sp³-hybridized carbons (Fsp3) is 0.571. The number of hydrogen-bond acceptors (Lipinski definition) is 6. The Labute approximate surface area is 90.8 Å². The topological polar surface area (TPSA) is 190 Å². The molecule has 94 valence electrons. The van der Waals surface area contributed by atoms with Gasteiger partial charge in [-0.2, -0.15) is 0 Å². The maximum atomic E-state index is 9.85. The van der Waals surface area contributed by atoms with Crippen LogP contribution in [0, 0.1) is 0 Å². The molecule has 9 N–H and O–H groups in total. The number of carboxylic acid groups (broad SMARTS) is 3. The van der Waals surface area contributed by atoms with Gasteiger partial charge in [0.2, 0.25) is 0 Å². The Kier molecular flexibility index (Phi) is 7.01. The van der Waals surface area contributed by atoms with Crippen molar-refractivity contribution in [1.82, 2.24) is 0 Å². The van der Waals surface area contributed by atoms with Gasteiger partial charge in [0.1, 0.15) is 6.04 Å². The van der Waals surface area contributed by atoms with Crippen molar-refractivity contribution in [2.24, 2.45) is 17.2 Å². The molecule has 9 nitrogen and oxygen atoms in total. The van der Waals surface area contributed by atoms with Crippen LogP contribution in [0.3, 0.4) is 0 Å². The van der Waals surface area contributed by atoms with E-state index >= 15 is 0 Å². The molecule has 0 radical (unpaired) electrons. The Morgan fingerprint density at radius 2 is 1.50 bits per heavy atom. The van der Waals surface area contributed by atoms with Crippen molar-refractivity contribution in [1.29, 1.82) is 0 Å². The molecule has 0 aliphatic heterocycles. The smallest absolute Gasteiger partial charge is 0.338 e. The lowest BCUT2D eigenvalue weighted by Gasteiger charge is -2.09. The normalized spacial score (nSPS) is 12.0. The Bertz CT molecular complexity index is 272. The molecule has 0 aromatic rings. The van der Waals surface area contributed by atoms with Crippen LogP contribution in [0.25, 0.3) is 0 Å². The summed E-state index contributed by atoms with van der Waals surface area (Å²) in [5, 5.41) is 24.0. The first-order valence-electron chi connectivity index (χ1n) is 3.99. The van der Waals surface area contributed by atoms with Gasteiger partial charge < -0.3 is 32.5 Å². The molecule has 9 heteroatoms. The standard InChI is InChI=1S/C4H7NO4.C3H8N2O2/c5-2(4(8)9)1-3(6)7;1-3(4,5)2(6)7/h2H,1,5H2,(H,6,7)(H,8,9);4-5H2,1H3,(H,6,7). The van der Waals surface area contributed by atoms with Crippen LogP contribution in [0.1, 0.15) is 13.3 Å². The van der Waals surface area contributed by atoms with Crippen LogP contribution in [0.15, 0.2) is 0 Å². The second-order valence-corrected chi connectivity index (χ2v) is 3.13. The van der Waals surface area contributed by atoms with Gasteiger partial charge in [-0.1, -0.05) is 0 Å². The third-order valence-corrected chi connectivity index (χ3v) is 1.17. The molecule has 0 spiro atoms. The van der Waals surface area contributed by atoms with Crippen LogP contribution in [-0.4, -0.2) is 44.9 Å². The molecule has 0 saturated carbocycles. The lowest BCUT2D eigenvalue weighted by Crippen LogP contribution is -2.53. The molecular formula is C7H15N3O6. The molecule has 0 amide bonds. The highest BCUT2D eigenvalue weighted by Gasteiger charge is 2.20. The van der Waals surface area contributed by atoms with Gasteiger partial charge in [-0.05, 0) is 6.92 Å². The van der Waals surface area contributed by atoms with Crippen molar-refractivity contribution in [2.45, 2.75) is 25.0 Å². The highest BCUT2D eigenvalue weighted by molar-refractivity contribution is 5.80. The van der Waals surface area contributed by atoms with Crippen LogP contribution in [0.5, 0.6) is 0 Å². The summed E-state index contributed by atoms with van der Waals surface area (Å²) in [4.78, 5) is 29.4. The molecule has 0 aromatic heterocycles. The van der Waals surface area contributed by atoms with E-state index in [4.69, 9.17) is 32.5 Å². The molecule has 1 unspecified atom stereocenters. The molecule has 0 aliphatic carbocycles. The van der Waals surface area contributed by atoms with Crippen molar-refractivity contribution < 1.29 is 29.7 Å². The van der Waals surface area contributed by atoms with Crippen molar-refractivity contribution in [3.05, 3.63) is 0 Å². The van der Waals surface area contributed by atoms with Gasteiger partial charge in [-0.25, -0.2) is 4.79 Å². The molecule has 0 aromatic carbocycles. The van der Waals surface area contributed by atoms with E-state index in [9.17, 15) is 14.4 Å². The summed E-state index contributed by atoms with van der Waals surface area (Å²) in [6, 6.07) is -1.29. The second-order valence-electron chi connectivity index (χ2n) is 3.13. The molecule has 16 heavy (non-hydrogen) atoms. The molecule has 0 bridgehead atoms. The average Bonchev–Trinajstić information content (AvgIpc) is 2.01. The van der Waals surface area contributed by atoms with Gasteiger partial charge in [0, 0.05) is 0 Å². The van der Waals surface area contributed by atoms with Gasteiger partial charge in [-0.15, -0.1) is 0 Å². The SMILES string of the molecule is CC(N)(N)C(=O)O.NC(CC(=O)O)C(=O)O. The van der Waals surface area contributed by atoms with Crippen LogP contribution in [0.2, 0.25) is 0 Å². The minimum absolute atomic E-state index is 0.532. The van der Waals surface area contributed by atoms with Crippen LogP contribution >= 0.6 is 0 Å². The Balaban J connectivity index is 0. The number of rotatable bonds is 4. The lowest BCUT2D eigenvalue weighted by molar-refractivity contribution is -0.144. The number of nitrogens with two attached hydrogens (primary N) is 3. The zero-order valence-corrected chi connectivity index (χ0v) is 8.58. The zero-order valence-electron chi connectivity index (χ0n) is 8.58. The molecular weight excluding hydrogens is 222 g/mol. The van der Waals surface area contributed by atoms with Crippen molar-refractivity contribution in [2.75, 3.05) is 0 Å². The highest BCUT2D eigenvalue weighted by Crippen LogP contribution is 1.86. The predicted molar refractivity (Wildman–Crippen MR) is 52.3 cm³/mol. The lowest BCUT2D eigenvalue weighted by atomic mass is 10.2. The second kappa shape index (κ2) is 6.71. The predicted octanol–water partition coefficient (Wildman–Crippen LogP) is -2.42. The van der Waals surface area contributed by atoms with Crippen LogP contribution in [0.4, 0.5) is 0 Å². The average molecular weight is 237 g/mol. The molecule has 0 heterocycles. The minimum atomic E-state index is -1.58. The van der Waals surface area contributed by atoms with E-state index in [1.807, 2.05) is 0 Å². The first-order chi connectivity index (χ1) is 6.98. The van der Waals surface area contributed by atoms with E-state index < -0.39 is 36.0 Å². The first-order valence-corrected chi connectivity index (χ1v) is 3.99. The Morgan fingerprint density at radius 1 is 1.19 bits per heavy atom. The maximum Gasteiger partial charge on any atom is 0.338 e. The van der Waals surface area contributed by atoms with E-state index in [1.165, 1.54) is 6.92 Å². The van der Waals surface area contributed by atoms with Gasteiger partial charge in [0.05, 0.1) is 6.42 Å². The molecule has 0 fully saturated rings. The summed E-state index contributed by atoms with van der Waals surface area (Å²) in [6.45, 7) is 1.22. The quantitative estimate of drug-likeness (QED) is 0.289. The van der Waals surface area contributed by atoms with Crippen molar-refractivity contribution >= 4 is 17.9 Å². The maximum absolute atomic E-state index is 9.85. The van der Waals surface area contributed by atoms with Crippen LogP contribution < -0.4 is 17.2 Å². The summed E-state index contributed by atoms with van der Waals surface area (Å²) >= 11 is 0. The van der Waals surface area contributed by atoms with Gasteiger partial charge in [0.15, 0.2) is 5.66 Å². The summed E-state index contributed by atoms with van der Waals surface area (Å²) in [7, 11) is 0. The largest absolute Gasteiger partial charge is 0.481 e. The third kappa shape index (κ3) is 10.4. The Morgan fingerprint density at radius 3 is 1.56 bits per heavy atom. The number of carbonyl (C=O) groups is 3. The van der Waals surface area contributed by atoms with Crippen molar-refractivity contribution in [3.63, 3.8) is 0 Å². The minimum Gasteiger partial charge on any atom is -0.481 e. The van der Waals surface area contributed by atoms with E-state index in [1.54, 1.807) is 0 Å². The Hall–Kier alpha value is -1.71. The molecule has 0 saturated heterocycles. The first kappa shape index (κ1) is 16.7. The fourth-order valence-electron chi connectivity index (χ4n) is 0.275. The monoisotopic (exact) mass is 237 g/mol. The van der Waals surface area contributed by atoms with Gasteiger partial charge in [0.25, 0.3) is 0 Å². The summed E-state index contributed by atoms with van der Waals surface area (Å²) in [6.07, 6.45) is -0.532. The molecule has 0 aliphatic rings. The van der Waals surface area contributed by atoms with Gasteiger partial charge in [-0.3, -0.25) is 9.59 Å². The highest BCUT2D eigenvalue weighted by atomic mass is 16.4. The fourth-order valence-corrected chi connectivity index (χ4v) is 0.275. The van der Waals surface area contributed by atoms with E-state index in [-0.39, 0.29) is 0 Å².